The number of aliphatic hydroxyl groups excluding tert-OH is 1. The minimum atomic E-state index is -0.220. The second-order valence-electron chi connectivity index (χ2n) is 5.01. The Hall–Kier alpha value is -1.08. The van der Waals surface area contributed by atoms with Gasteiger partial charge in [0.05, 0.1) is 6.61 Å². The Morgan fingerprint density at radius 2 is 1.90 bits per heavy atom. The van der Waals surface area contributed by atoms with E-state index in [1.165, 1.54) is 6.07 Å². The molecule has 0 bridgehead atoms. The molecule has 2 rings (SSSR count). The first-order chi connectivity index (χ1) is 9.60. The van der Waals surface area contributed by atoms with Crippen molar-refractivity contribution in [3.05, 3.63) is 35.1 Å². The minimum absolute atomic E-state index is 0.185. The third-order valence-electron chi connectivity index (χ3n) is 3.61. The summed E-state index contributed by atoms with van der Waals surface area (Å²) < 4.78 is 13.8. The Morgan fingerprint density at radius 1 is 1.25 bits per heavy atom. The lowest BCUT2D eigenvalue weighted by Crippen LogP contribution is -2.46. The Kier molecular flexibility index (Phi) is 5.42. The molecule has 1 aromatic carbocycles. The molecule has 6 heteroatoms. The fraction of sp³-hybridized carbons (Fsp3) is 0.500. The van der Waals surface area contributed by atoms with Crippen LogP contribution >= 0.6 is 12.2 Å². The maximum absolute atomic E-state index is 13.8. The smallest absolute Gasteiger partial charge is 0.127 e. The zero-order chi connectivity index (χ0) is 14.5. The van der Waals surface area contributed by atoms with Gasteiger partial charge in [0.15, 0.2) is 0 Å². The highest BCUT2D eigenvalue weighted by Gasteiger charge is 2.17. The van der Waals surface area contributed by atoms with Gasteiger partial charge in [-0.05, 0) is 18.2 Å². The quantitative estimate of drug-likeness (QED) is 0.778. The number of halogens is 1. The first-order valence-electron chi connectivity index (χ1n) is 6.74. The maximum Gasteiger partial charge on any atom is 0.127 e. The molecule has 0 aliphatic carbocycles. The summed E-state index contributed by atoms with van der Waals surface area (Å²) in [6.45, 7) is 5.00. The topological polar surface area (TPSA) is 52.7 Å². The van der Waals surface area contributed by atoms with Crippen molar-refractivity contribution in [2.45, 2.75) is 6.54 Å². The van der Waals surface area contributed by atoms with Crippen LogP contribution in [-0.4, -0.2) is 59.2 Å². The molecular weight excluding hydrogens is 277 g/mol. The highest BCUT2D eigenvalue weighted by atomic mass is 32.1. The summed E-state index contributed by atoms with van der Waals surface area (Å²) in [5.41, 5.74) is 6.92. The molecule has 0 amide bonds. The summed E-state index contributed by atoms with van der Waals surface area (Å²) in [6.07, 6.45) is 0. The van der Waals surface area contributed by atoms with Gasteiger partial charge in [0.25, 0.3) is 0 Å². The van der Waals surface area contributed by atoms with Crippen LogP contribution in [0.15, 0.2) is 18.2 Å². The van der Waals surface area contributed by atoms with E-state index in [-0.39, 0.29) is 12.4 Å². The van der Waals surface area contributed by atoms with Crippen molar-refractivity contribution in [1.82, 2.24) is 9.80 Å². The van der Waals surface area contributed by atoms with Crippen LogP contribution in [0.3, 0.4) is 0 Å². The molecule has 1 aliphatic heterocycles. The molecule has 0 atom stereocenters. The van der Waals surface area contributed by atoms with E-state index in [1.54, 1.807) is 12.1 Å². The predicted octanol–water partition coefficient (Wildman–Crippen LogP) is 0.570. The van der Waals surface area contributed by atoms with Gasteiger partial charge in [-0.2, -0.15) is 0 Å². The number of hydrogen-bond donors (Lipinski definition) is 2. The molecule has 3 N–H and O–H groups in total. The van der Waals surface area contributed by atoms with Gasteiger partial charge >= 0.3 is 0 Å². The van der Waals surface area contributed by atoms with Crippen LogP contribution in [-0.2, 0) is 6.54 Å². The van der Waals surface area contributed by atoms with E-state index < -0.39 is 0 Å². The Labute approximate surface area is 124 Å². The number of β-amino-alcohol motifs (C(OH)–C–C–N with tert-alkyl or cyclic N) is 1. The van der Waals surface area contributed by atoms with Gasteiger partial charge in [-0.1, -0.05) is 12.2 Å². The van der Waals surface area contributed by atoms with Gasteiger partial charge in [-0.3, -0.25) is 9.80 Å². The van der Waals surface area contributed by atoms with Crippen LogP contribution in [0.25, 0.3) is 0 Å². The molecule has 1 fully saturated rings. The molecule has 1 aliphatic rings. The Balaban J connectivity index is 1.97. The Bertz CT molecular complexity index is 475. The van der Waals surface area contributed by atoms with Crippen molar-refractivity contribution in [2.24, 2.45) is 5.73 Å². The van der Waals surface area contributed by atoms with E-state index in [4.69, 9.17) is 23.1 Å². The monoisotopic (exact) mass is 297 g/mol. The van der Waals surface area contributed by atoms with Crippen molar-refractivity contribution < 1.29 is 9.50 Å². The van der Waals surface area contributed by atoms with Crippen LogP contribution in [0, 0.1) is 5.82 Å². The van der Waals surface area contributed by atoms with Crippen molar-refractivity contribution >= 4 is 17.2 Å². The highest BCUT2D eigenvalue weighted by molar-refractivity contribution is 7.80. The summed E-state index contributed by atoms with van der Waals surface area (Å²) >= 11 is 4.93. The van der Waals surface area contributed by atoms with E-state index in [9.17, 15) is 4.39 Å². The fourth-order valence-electron chi connectivity index (χ4n) is 2.40. The molecule has 0 aromatic heterocycles. The van der Waals surface area contributed by atoms with Crippen LogP contribution in [0.1, 0.15) is 11.1 Å². The van der Waals surface area contributed by atoms with E-state index in [1.807, 2.05) is 0 Å². The maximum atomic E-state index is 13.8. The summed E-state index contributed by atoms with van der Waals surface area (Å²) in [5, 5.41) is 8.91. The van der Waals surface area contributed by atoms with Crippen LogP contribution < -0.4 is 5.73 Å². The zero-order valence-corrected chi connectivity index (χ0v) is 12.2. The molecule has 20 heavy (non-hydrogen) atoms. The van der Waals surface area contributed by atoms with Crippen LogP contribution in [0.2, 0.25) is 0 Å². The average Bonchev–Trinajstić information content (AvgIpc) is 2.43. The normalized spacial score (nSPS) is 17.3. The third kappa shape index (κ3) is 3.96. The zero-order valence-electron chi connectivity index (χ0n) is 11.4. The lowest BCUT2D eigenvalue weighted by molar-refractivity contribution is 0.108. The van der Waals surface area contributed by atoms with E-state index in [0.717, 1.165) is 26.2 Å². The lowest BCUT2D eigenvalue weighted by atomic mass is 10.1. The molecule has 4 nitrogen and oxygen atoms in total. The SMILES string of the molecule is NC(=S)c1ccc(F)c(CN2CCN(CCO)CC2)c1. The lowest BCUT2D eigenvalue weighted by Gasteiger charge is -2.34. The molecule has 0 unspecified atom stereocenters. The second-order valence-corrected chi connectivity index (χ2v) is 5.45. The molecule has 1 aromatic rings. The summed E-state index contributed by atoms with van der Waals surface area (Å²) in [5.74, 6) is -0.220. The van der Waals surface area contributed by atoms with E-state index in [2.05, 4.69) is 9.80 Å². The number of piperazine rings is 1. The van der Waals surface area contributed by atoms with Gasteiger partial charge < -0.3 is 10.8 Å². The number of thiocarbonyl (C=S) groups is 1. The van der Waals surface area contributed by atoms with Crippen molar-refractivity contribution in [1.29, 1.82) is 0 Å². The van der Waals surface area contributed by atoms with Crippen LogP contribution in [0.5, 0.6) is 0 Å². The third-order valence-corrected chi connectivity index (χ3v) is 3.84. The van der Waals surface area contributed by atoms with Gasteiger partial charge in [-0.15, -0.1) is 0 Å². The highest BCUT2D eigenvalue weighted by Crippen LogP contribution is 2.14. The molecular formula is C14H20FN3OS. The van der Waals surface area contributed by atoms with Crippen LogP contribution in [0.4, 0.5) is 4.39 Å². The molecule has 1 heterocycles. The standard InChI is InChI=1S/C14H20FN3OS/c15-13-2-1-11(14(16)20)9-12(13)10-18-5-3-17(4-6-18)7-8-19/h1-2,9,19H,3-8,10H2,(H2,16,20). The van der Waals surface area contributed by atoms with Crippen molar-refractivity contribution in [2.75, 3.05) is 39.3 Å². The Morgan fingerprint density at radius 3 is 2.50 bits per heavy atom. The summed E-state index contributed by atoms with van der Waals surface area (Å²) in [7, 11) is 0. The first-order valence-corrected chi connectivity index (χ1v) is 7.15. The average molecular weight is 297 g/mol. The van der Waals surface area contributed by atoms with Crippen molar-refractivity contribution in [3.63, 3.8) is 0 Å². The number of nitrogens with zero attached hydrogens (tertiary/aromatic N) is 2. The van der Waals surface area contributed by atoms with E-state index >= 15 is 0 Å². The largest absolute Gasteiger partial charge is 0.395 e. The molecule has 0 radical (unpaired) electrons. The van der Waals surface area contributed by atoms with Gasteiger partial charge in [-0.25, -0.2) is 4.39 Å². The predicted molar refractivity (Wildman–Crippen MR) is 81.1 cm³/mol. The van der Waals surface area contributed by atoms with Gasteiger partial charge in [0, 0.05) is 50.4 Å². The summed E-state index contributed by atoms with van der Waals surface area (Å²) in [6, 6.07) is 4.77. The minimum Gasteiger partial charge on any atom is -0.395 e. The molecule has 0 spiro atoms. The van der Waals surface area contributed by atoms with Gasteiger partial charge in [0.1, 0.15) is 10.8 Å². The summed E-state index contributed by atoms with van der Waals surface area (Å²) in [4.78, 5) is 4.70. The number of nitrogens with two attached hydrogens (primary N) is 1. The number of aliphatic hydroxyl groups is 1. The molecule has 1 saturated heterocycles. The molecule has 0 saturated carbocycles. The number of rotatable bonds is 5. The first kappa shape index (κ1) is 15.3. The van der Waals surface area contributed by atoms with E-state index in [0.29, 0.717) is 29.2 Å². The van der Waals surface area contributed by atoms with Crippen molar-refractivity contribution in [3.8, 4) is 0 Å². The van der Waals surface area contributed by atoms with Gasteiger partial charge in [0.2, 0.25) is 0 Å². The second kappa shape index (κ2) is 7.08. The molecule has 110 valence electrons. The fourth-order valence-corrected chi connectivity index (χ4v) is 2.53. The number of benzene rings is 1. The number of hydrogen-bond acceptors (Lipinski definition) is 4.